The number of carbonyl (C=O) groups is 3. The number of fused-ring (bicyclic) bond motifs is 3. The smallest absolute Gasteiger partial charge is 0.407 e. The number of nitrogens with zero attached hydrogens (tertiary/aromatic N) is 1. The van der Waals surface area contributed by atoms with Gasteiger partial charge in [-0.25, -0.2) is 9.78 Å². The number of carbonyl (C=O) groups excluding carboxylic acids is 2. The number of carboxylic acid groups (broad SMARTS) is 1. The number of carboxylic acids is 1. The highest BCUT2D eigenvalue weighted by Gasteiger charge is 2.30. The molecule has 0 radical (unpaired) electrons. The summed E-state index contributed by atoms with van der Waals surface area (Å²) in [5.41, 5.74) is 5.01. The van der Waals surface area contributed by atoms with Gasteiger partial charge in [-0.15, -0.1) is 11.3 Å². The Labute approximate surface area is 201 Å². The van der Waals surface area contributed by atoms with Crippen LogP contribution in [0.5, 0.6) is 0 Å². The maximum absolute atomic E-state index is 12.6. The zero-order valence-electron chi connectivity index (χ0n) is 18.6. The van der Waals surface area contributed by atoms with Crippen molar-refractivity contribution in [2.24, 2.45) is 0 Å². The summed E-state index contributed by atoms with van der Waals surface area (Å²) in [6.07, 6.45) is -0.609. The van der Waals surface area contributed by atoms with E-state index in [9.17, 15) is 19.5 Å². The largest absolute Gasteiger partial charge is 0.481 e. The molecule has 1 aromatic heterocycles. The van der Waals surface area contributed by atoms with Crippen molar-refractivity contribution in [1.29, 1.82) is 0 Å². The first-order chi connectivity index (χ1) is 16.5. The highest BCUT2D eigenvalue weighted by atomic mass is 32.1. The van der Waals surface area contributed by atoms with Gasteiger partial charge in [0.15, 0.2) is 0 Å². The summed E-state index contributed by atoms with van der Waals surface area (Å²) >= 11 is 1.49. The summed E-state index contributed by atoms with van der Waals surface area (Å²) in [7, 11) is 0. The second-order valence-corrected chi connectivity index (χ2v) is 8.87. The average molecular weight is 480 g/mol. The fraction of sp³-hybridized carbons (Fsp3) is 0.280. The summed E-state index contributed by atoms with van der Waals surface area (Å²) in [6, 6.07) is 14.6. The molecular formula is C25H25N3O5S. The summed E-state index contributed by atoms with van der Waals surface area (Å²) in [6.45, 7) is 2.21. The molecule has 1 unspecified atom stereocenters. The Morgan fingerprint density at radius 1 is 1.09 bits per heavy atom. The van der Waals surface area contributed by atoms with Gasteiger partial charge in [-0.3, -0.25) is 9.59 Å². The molecule has 2 amide bonds. The van der Waals surface area contributed by atoms with Gasteiger partial charge in [0, 0.05) is 11.3 Å². The van der Waals surface area contributed by atoms with Gasteiger partial charge in [-0.1, -0.05) is 55.5 Å². The Morgan fingerprint density at radius 2 is 1.74 bits per heavy atom. The molecule has 0 aliphatic heterocycles. The van der Waals surface area contributed by atoms with Crippen LogP contribution in [-0.2, 0) is 27.3 Å². The fourth-order valence-electron chi connectivity index (χ4n) is 4.06. The Balaban J connectivity index is 1.37. The van der Waals surface area contributed by atoms with Crippen molar-refractivity contribution in [3.8, 4) is 11.1 Å². The molecule has 34 heavy (non-hydrogen) atoms. The van der Waals surface area contributed by atoms with Crippen LogP contribution in [0, 0.1) is 0 Å². The van der Waals surface area contributed by atoms with Crippen LogP contribution in [0.15, 0.2) is 53.9 Å². The third-order valence-electron chi connectivity index (χ3n) is 5.68. The number of aliphatic carboxylic acids is 1. The number of aryl methyl sites for hydroxylation is 1. The monoisotopic (exact) mass is 479 g/mol. The Bertz CT molecular complexity index is 1160. The summed E-state index contributed by atoms with van der Waals surface area (Å²) in [4.78, 5) is 40.7. The molecule has 1 aliphatic carbocycles. The van der Waals surface area contributed by atoms with Gasteiger partial charge in [0.25, 0.3) is 0 Å². The zero-order chi connectivity index (χ0) is 24.1. The first kappa shape index (κ1) is 23.4. The molecule has 176 valence electrons. The van der Waals surface area contributed by atoms with E-state index in [0.29, 0.717) is 5.69 Å². The lowest BCUT2D eigenvalue weighted by Crippen LogP contribution is -2.48. The zero-order valence-corrected chi connectivity index (χ0v) is 19.4. The Kier molecular flexibility index (Phi) is 7.22. The fourth-order valence-corrected chi connectivity index (χ4v) is 4.80. The molecule has 2 aromatic carbocycles. The molecule has 0 bridgehead atoms. The molecule has 1 heterocycles. The van der Waals surface area contributed by atoms with E-state index in [2.05, 4.69) is 15.6 Å². The van der Waals surface area contributed by atoms with Gasteiger partial charge in [0.2, 0.25) is 5.91 Å². The predicted molar refractivity (Wildman–Crippen MR) is 128 cm³/mol. The molecule has 0 saturated heterocycles. The van der Waals surface area contributed by atoms with Crippen molar-refractivity contribution in [3.05, 3.63) is 75.7 Å². The number of rotatable bonds is 9. The van der Waals surface area contributed by atoms with Crippen LogP contribution in [0.2, 0.25) is 0 Å². The van der Waals surface area contributed by atoms with Gasteiger partial charge in [-0.05, 0) is 28.7 Å². The topological polar surface area (TPSA) is 118 Å². The molecule has 8 nitrogen and oxygen atoms in total. The van der Waals surface area contributed by atoms with Gasteiger partial charge < -0.3 is 20.5 Å². The van der Waals surface area contributed by atoms with Crippen LogP contribution in [0.25, 0.3) is 11.1 Å². The molecule has 0 spiro atoms. The molecule has 0 saturated carbocycles. The number of hydrogen-bond donors (Lipinski definition) is 3. The number of hydrogen-bond acceptors (Lipinski definition) is 6. The van der Waals surface area contributed by atoms with Crippen molar-refractivity contribution >= 4 is 29.3 Å². The van der Waals surface area contributed by atoms with Gasteiger partial charge in [-0.2, -0.15) is 0 Å². The number of nitrogens with one attached hydrogen (secondary N) is 2. The van der Waals surface area contributed by atoms with Crippen molar-refractivity contribution in [2.75, 3.05) is 6.61 Å². The third kappa shape index (κ3) is 5.26. The molecular weight excluding hydrogens is 454 g/mol. The Hall–Kier alpha value is -3.72. The minimum atomic E-state index is -1.27. The molecule has 4 rings (SSSR count). The van der Waals surface area contributed by atoms with E-state index in [1.54, 1.807) is 0 Å². The Morgan fingerprint density at radius 3 is 2.32 bits per heavy atom. The van der Waals surface area contributed by atoms with Crippen LogP contribution in [0.3, 0.4) is 0 Å². The van der Waals surface area contributed by atoms with Crippen molar-refractivity contribution in [1.82, 2.24) is 15.6 Å². The van der Waals surface area contributed by atoms with E-state index in [4.69, 9.17) is 4.74 Å². The summed E-state index contributed by atoms with van der Waals surface area (Å²) in [5, 5.41) is 17.0. The molecule has 1 atom stereocenters. The lowest BCUT2D eigenvalue weighted by molar-refractivity contribution is -0.139. The van der Waals surface area contributed by atoms with E-state index >= 15 is 0 Å². The van der Waals surface area contributed by atoms with Gasteiger partial charge in [0.05, 0.1) is 23.7 Å². The minimum Gasteiger partial charge on any atom is -0.481 e. The number of alkyl carbamates (subject to hydrolysis) is 1. The number of thiazole rings is 1. The first-order valence-electron chi connectivity index (χ1n) is 11.0. The van der Waals surface area contributed by atoms with Crippen molar-refractivity contribution in [3.63, 3.8) is 0 Å². The number of amides is 2. The molecule has 1 aliphatic rings. The quantitative estimate of drug-likeness (QED) is 0.431. The summed E-state index contributed by atoms with van der Waals surface area (Å²) in [5.74, 6) is -1.95. The normalized spacial score (nSPS) is 13.0. The standard InChI is InChI=1S/C25H25N3O5S/c1-2-22-27-15(14-34-22)12-26-24(31)21(11-23(29)30)28-25(32)33-13-20-18-9-5-3-7-16(18)17-8-4-6-10-19(17)20/h3-10,14,20-21H,2,11-13H2,1H3,(H,26,31)(H,28,32)(H,29,30). The second kappa shape index (κ2) is 10.5. The highest BCUT2D eigenvalue weighted by molar-refractivity contribution is 7.09. The number of benzene rings is 2. The minimum absolute atomic E-state index is 0.0693. The maximum Gasteiger partial charge on any atom is 0.407 e. The van der Waals surface area contributed by atoms with E-state index in [-0.39, 0.29) is 19.1 Å². The van der Waals surface area contributed by atoms with Gasteiger partial charge in [0.1, 0.15) is 12.6 Å². The third-order valence-corrected chi connectivity index (χ3v) is 6.72. The van der Waals surface area contributed by atoms with Crippen LogP contribution in [0.4, 0.5) is 4.79 Å². The summed E-state index contributed by atoms with van der Waals surface area (Å²) < 4.78 is 5.45. The van der Waals surface area contributed by atoms with Gasteiger partial charge >= 0.3 is 12.1 Å². The first-order valence-corrected chi connectivity index (χ1v) is 11.9. The average Bonchev–Trinajstić information content (AvgIpc) is 3.43. The lowest BCUT2D eigenvalue weighted by Gasteiger charge is -2.18. The predicted octanol–water partition coefficient (Wildman–Crippen LogP) is 3.70. The molecule has 3 aromatic rings. The maximum atomic E-state index is 12.6. The number of ether oxygens (including phenoxy) is 1. The van der Waals surface area contributed by atoms with Crippen LogP contribution >= 0.6 is 11.3 Å². The van der Waals surface area contributed by atoms with E-state index in [1.165, 1.54) is 11.3 Å². The van der Waals surface area contributed by atoms with Crippen LogP contribution < -0.4 is 10.6 Å². The molecule has 0 fully saturated rings. The van der Waals surface area contributed by atoms with Crippen molar-refractivity contribution < 1.29 is 24.2 Å². The van der Waals surface area contributed by atoms with Crippen LogP contribution in [-0.4, -0.2) is 40.7 Å². The van der Waals surface area contributed by atoms with E-state index in [1.807, 2.05) is 60.8 Å². The number of aromatic nitrogens is 1. The lowest BCUT2D eigenvalue weighted by atomic mass is 9.98. The van der Waals surface area contributed by atoms with Crippen LogP contribution in [0.1, 0.15) is 41.1 Å². The van der Waals surface area contributed by atoms with Crippen molar-refractivity contribution in [2.45, 2.75) is 38.3 Å². The molecule has 9 heteroatoms. The highest BCUT2D eigenvalue weighted by Crippen LogP contribution is 2.44. The molecule has 3 N–H and O–H groups in total. The van der Waals surface area contributed by atoms with E-state index < -0.39 is 30.4 Å². The van der Waals surface area contributed by atoms with E-state index in [0.717, 1.165) is 33.7 Å². The SMILES string of the molecule is CCc1nc(CNC(=O)C(CC(=O)O)NC(=O)OCC2c3ccccc3-c3ccccc32)cs1. The second-order valence-electron chi connectivity index (χ2n) is 7.92.